The molecular formula is C15H13N2O4-. The van der Waals surface area contributed by atoms with Crippen LogP contribution in [0, 0.1) is 11.3 Å². The lowest BCUT2D eigenvalue weighted by atomic mass is 10.1. The number of hydrogen-bond acceptors (Lipinski definition) is 5. The van der Waals surface area contributed by atoms with Gasteiger partial charge in [-0.15, -0.1) is 0 Å². The molecule has 0 aromatic heterocycles. The summed E-state index contributed by atoms with van der Waals surface area (Å²) >= 11 is 0. The van der Waals surface area contributed by atoms with E-state index in [1.54, 1.807) is 24.3 Å². The van der Waals surface area contributed by atoms with Crippen LogP contribution in [0.5, 0.6) is 5.75 Å². The number of carbonyl (C=O) groups is 2. The summed E-state index contributed by atoms with van der Waals surface area (Å²) in [6.45, 7) is -0.596. The van der Waals surface area contributed by atoms with E-state index in [-0.39, 0.29) is 17.4 Å². The molecule has 0 unspecified atom stereocenters. The lowest BCUT2D eigenvalue weighted by Crippen LogP contribution is -2.29. The third-order valence-electron chi connectivity index (χ3n) is 2.84. The molecule has 0 saturated heterocycles. The molecule has 1 fully saturated rings. The molecule has 2 rings (SSSR count). The number of benzene rings is 1. The number of aliphatic carboxylic acids is 1. The maximum Gasteiger partial charge on any atom is 0.262 e. The zero-order chi connectivity index (χ0) is 15.2. The van der Waals surface area contributed by atoms with Crippen molar-refractivity contribution >= 4 is 18.0 Å². The molecule has 0 bridgehead atoms. The second-order valence-corrected chi connectivity index (χ2v) is 4.62. The third-order valence-corrected chi connectivity index (χ3v) is 2.84. The topological polar surface area (TPSA) is 102 Å². The van der Waals surface area contributed by atoms with E-state index >= 15 is 0 Å². The Morgan fingerprint density at radius 3 is 2.76 bits per heavy atom. The van der Waals surface area contributed by atoms with Crippen molar-refractivity contribution in [2.75, 3.05) is 6.61 Å². The number of hydrogen-bond donors (Lipinski definition) is 1. The van der Waals surface area contributed by atoms with Crippen molar-refractivity contribution in [2.45, 2.75) is 18.9 Å². The Kier molecular flexibility index (Phi) is 4.57. The van der Waals surface area contributed by atoms with E-state index < -0.39 is 18.5 Å². The molecule has 0 atom stereocenters. The molecule has 1 aromatic rings. The van der Waals surface area contributed by atoms with Gasteiger partial charge >= 0.3 is 0 Å². The number of carboxylic acids is 1. The van der Waals surface area contributed by atoms with Crippen LogP contribution in [0.2, 0.25) is 0 Å². The van der Waals surface area contributed by atoms with Crippen molar-refractivity contribution in [1.82, 2.24) is 5.32 Å². The summed E-state index contributed by atoms with van der Waals surface area (Å²) in [7, 11) is 0. The van der Waals surface area contributed by atoms with Gasteiger partial charge in [-0.3, -0.25) is 4.79 Å². The molecule has 21 heavy (non-hydrogen) atoms. The van der Waals surface area contributed by atoms with Crippen LogP contribution in [0.25, 0.3) is 6.08 Å². The molecule has 1 aliphatic carbocycles. The highest BCUT2D eigenvalue weighted by molar-refractivity contribution is 6.02. The summed E-state index contributed by atoms with van der Waals surface area (Å²) in [4.78, 5) is 22.3. The fourth-order valence-corrected chi connectivity index (χ4v) is 1.66. The lowest BCUT2D eigenvalue weighted by molar-refractivity contribution is -0.307. The molecule has 1 N–H and O–H groups in total. The minimum atomic E-state index is -1.35. The summed E-state index contributed by atoms with van der Waals surface area (Å²) in [5.41, 5.74) is 0.410. The number of ether oxygens (including phenoxy) is 1. The molecule has 108 valence electrons. The van der Waals surface area contributed by atoms with Crippen molar-refractivity contribution in [1.29, 1.82) is 5.26 Å². The van der Waals surface area contributed by atoms with Crippen LogP contribution in [0.1, 0.15) is 18.4 Å². The van der Waals surface area contributed by atoms with Crippen molar-refractivity contribution in [3.8, 4) is 11.8 Å². The van der Waals surface area contributed by atoms with Crippen LogP contribution in [-0.4, -0.2) is 24.5 Å². The van der Waals surface area contributed by atoms with Gasteiger partial charge in [-0.05, 0) is 25.0 Å². The molecule has 6 heteroatoms. The smallest absolute Gasteiger partial charge is 0.262 e. The van der Waals surface area contributed by atoms with Gasteiger partial charge in [-0.1, -0.05) is 18.2 Å². The highest BCUT2D eigenvalue weighted by atomic mass is 16.5. The van der Waals surface area contributed by atoms with Crippen LogP contribution >= 0.6 is 0 Å². The third kappa shape index (κ3) is 4.35. The number of carbonyl (C=O) groups excluding carboxylic acids is 2. The number of para-hydroxylation sites is 1. The van der Waals surface area contributed by atoms with Crippen molar-refractivity contribution in [3.05, 3.63) is 35.4 Å². The molecule has 0 aliphatic heterocycles. The molecule has 1 saturated carbocycles. The highest BCUT2D eigenvalue weighted by Gasteiger charge is 2.24. The second kappa shape index (κ2) is 6.57. The average Bonchev–Trinajstić information content (AvgIpc) is 3.27. The molecule has 6 nitrogen and oxygen atoms in total. The molecule has 0 radical (unpaired) electrons. The van der Waals surface area contributed by atoms with Gasteiger partial charge in [0, 0.05) is 11.6 Å². The second-order valence-electron chi connectivity index (χ2n) is 4.62. The molecule has 1 aliphatic rings. The Bertz CT molecular complexity index is 627. The molecular weight excluding hydrogens is 272 g/mol. The minimum absolute atomic E-state index is 0.0496. The normalized spacial score (nSPS) is 14.1. The van der Waals surface area contributed by atoms with Gasteiger partial charge in [0.1, 0.15) is 24.0 Å². The minimum Gasteiger partial charge on any atom is -0.546 e. The van der Waals surface area contributed by atoms with Crippen LogP contribution in [0.3, 0.4) is 0 Å². The first kappa shape index (κ1) is 14.6. The van der Waals surface area contributed by atoms with Gasteiger partial charge in [0.15, 0.2) is 0 Å². The van der Waals surface area contributed by atoms with E-state index in [0.717, 1.165) is 12.8 Å². The number of amides is 1. The average molecular weight is 285 g/mol. The van der Waals surface area contributed by atoms with E-state index in [0.29, 0.717) is 5.56 Å². The Labute approximate surface area is 121 Å². The van der Waals surface area contributed by atoms with E-state index in [4.69, 9.17) is 10.00 Å². The molecule has 1 aromatic carbocycles. The first-order chi connectivity index (χ1) is 10.1. The quantitative estimate of drug-likeness (QED) is 0.585. The van der Waals surface area contributed by atoms with Crippen LogP contribution in [0.15, 0.2) is 29.8 Å². The summed E-state index contributed by atoms with van der Waals surface area (Å²) < 4.78 is 5.07. The summed E-state index contributed by atoms with van der Waals surface area (Å²) in [6.07, 6.45) is 3.23. The number of nitrogens with zero attached hydrogens (tertiary/aromatic N) is 1. The van der Waals surface area contributed by atoms with E-state index in [9.17, 15) is 14.7 Å². The Hall–Kier alpha value is -2.81. The van der Waals surface area contributed by atoms with Gasteiger partial charge in [-0.2, -0.15) is 5.26 Å². The van der Waals surface area contributed by atoms with Gasteiger partial charge in [0.25, 0.3) is 5.91 Å². The molecule has 1 amide bonds. The number of rotatable bonds is 6. The standard InChI is InChI=1S/C15H14N2O4/c16-8-11(15(20)17-12-5-6-12)7-10-3-1-2-4-13(10)21-9-14(18)19/h1-4,7,12H,5-6,9H2,(H,17,20)(H,18,19)/p-1/b11-7+. The van der Waals surface area contributed by atoms with Gasteiger partial charge in [0.05, 0.1) is 5.97 Å². The van der Waals surface area contributed by atoms with E-state index in [1.807, 2.05) is 6.07 Å². The summed E-state index contributed by atoms with van der Waals surface area (Å²) in [6, 6.07) is 8.55. The SMILES string of the molecule is N#C/C(=C\c1ccccc1OCC(=O)[O-])C(=O)NC1CC1. The predicted molar refractivity (Wildman–Crippen MR) is 71.7 cm³/mol. The summed E-state index contributed by atoms with van der Waals surface area (Å²) in [5.74, 6) is -1.51. The number of nitrogens with one attached hydrogen (secondary N) is 1. The maximum atomic E-state index is 11.9. The van der Waals surface area contributed by atoms with Gasteiger partial charge in [-0.25, -0.2) is 0 Å². The van der Waals surface area contributed by atoms with E-state index in [2.05, 4.69) is 5.32 Å². The Morgan fingerprint density at radius 1 is 1.43 bits per heavy atom. The summed E-state index contributed by atoms with van der Waals surface area (Å²) in [5, 5.41) is 22.2. The fourth-order valence-electron chi connectivity index (χ4n) is 1.66. The maximum absolute atomic E-state index is 11.9. The lowest BCUT2D eigenvalue weighted by Gasteiger charge is -2.10. The zero-order valence-corrected chi connectivity index (χ0v) is 11.2. The molecule has 0 heterocycles. The van der Waals surface area contributed by atoms with Gasteiger partial charge < -0.3 is 20.0 Å². The largest absolute Gasteiger partial charge is 0.546 e. The molecule has 0 spiro atoms. The van der Waals surface area contributed by atoms with Crippen LogP contribution in [0.4, 0.5) is 0 Å². The van der Waals surface area contributed by atoms with Crippen LogP contribution in [-0.2, 0) is 9.59 Å². The fraction of sp³-hybridized carbons (Fsp3) is 0.267. The first-order valence-corrected chi connectivity index (χ1v) is 6.44. The Balaban J connectivity index is 2.18. The van der Waals surface area contributed by atoms with Crippen LogP contribution < -0.4 is 15.2 Å². The highest BCUT2D eigenvalue weighted by Crippen LogP contribution is 2.22. The first-order valence-electron chi connectivity index (χ1n) is 6.44. The zero-order valence-electron chi connectivity index (χ0n) is 11.2. The number of carboxylic acid groups (broad SMARTS) is 1. The van der Waals surface area contributed by atoms with Gasteiger partial charge in [0.2, 0.25) is 0 Å². The van der Waals surface area contributed by atoms with E-state index in [1.165, 1.54) is 6.08 Å². The number of nitriles is 1. The van der Waals surface area contributed by atoms with Crippen molar-refractivity contribution in [3.63, 3.8) is 0 Å². The van der Waals surface area contributed by atoms with Crippen molar-refractivity contribution in [2.24, 2.45) is 0 Å². The Morgan fingerprint density at radius 2 is 2.14 bits per heavy atom. The predicted octanol–water partition coefficient (Wildman–Crippen LogP) is 0.000880. The van der Waals surface area contributed by atoms with Crippen molar-refractivity contribution < 1.29 is 19.4 Å². The monoisotopic (exact) mass is 285 g/mol.